The molecule has 0 spiro atoms. The number of oxazole rings is 1. The van der Waals surface area contributed by atoms with Gasteiger partial charge >= 0.3 is 0 Å². The van der Waals surface area contributed by atoms with E-state index in [1.54, 1.807) is 6.33 Å². The third-order valence-corrected chi connectivity index (χ3v) is 4.76. The second kappa shape index (κ2) is 6.13. The fraction of sp³-hybridized carbons (Fsp3) is 0. The molecule has 3 aromatic heterocycles. The monoisotopic (exact) mass is 379 g/mol. The molecule has 0 aliphatic carbocycles. The fourth-order valence-electron chi connectivity index (χ4n) is 3.30. The Morgan fingerprint density at radius 1 is 0.724 bits per heavy atom. The smallest absolute Gasteiger partial charge is 0.258 e. The van der Waals surface area contributed by atoms with Crippen molar-refractivity contribution in [1.82, 2.24) is 25.1 Å². The van der Waals surface area contributed by atoms with Crippen LogP contribution < -0.4 is 0 Å². The summed E-state index contributed by atoms with van der Waals surface area (Å²) in [6.07, 6.45) is 1.66. The molecule has 6 aromatic rings. The lowest BCUT2D eigenvalue weighted by Crippen LogP contribution is -1.82. The highest BCUT2D eigenvalue weighted by molar-refractivity contribution is 5.82. The van der Waals surface area contributed by atoms with Gasteiger partial charge in [0.15, 0.2) is 5.58 Å². The van der Waals surface area contributed by atoms with Crippen LogP contribution in [-0.2, 0) is 0 Å². The highest BCUT2D eigenvalue weighted by atomic mass is 16.5. The highest BCUT2D eigenvalue weighted by Gasteiger charge is 2.14. The van der Waals surface area contributed by atoms with Gasteiger partial charge in [0.2, 0.25) is 11.7 Å². The van der Waals surface area contributed by atoms with Crippen molar-refractivity contribution in [3.05, 3.63) is 73.1 Å². The van der Waals surface area contributed by atoms with Crippen molar-refractivity contribution in [1.29, 1.82) is 0 Å². The summed E-state index contributed by atoms with van der Waals surface area (Å²) in [7, 11) is 0. The van der Waals surface area contributed by atoms with Crippen LogP contribution in [-0.4, -0.2) is 25.1 Å². The molecule has 0 fully saturated rings. The molecule has 0 aliphatic rings. The van der Waals surface area contributed by atoms with Crippen LogP contribution in [0.1, 0.15) is 0 Å². The predicted octanol–water partition coefficient (Wildman–Crippen LogP) is 5.09. The Kier molecular flexibility index (Phi) is 3.33. The average molecular weight is 379 g/mol. The summed E-state index contributed by atoms with van der Waals surface area (Å²) in [6.45, 7) is 0. The summed E-state index contributed by atoms with van der Waals surface area (Å²) in [5.41, 5.74) is 5.82. The number of aromatic amines is 1. The van der Waals surface area contributed by atoms with E-state index in [0.29, 0.717) is 23.2 Å². The van der Waals surface area contributed by atoms with E-state index in [1.165, 1.54) is 0 Å². The quantitative estimate of drug-likeness (QED) is 0.460. The summed E-state index contributed by atoms with van der Waals surface area (Å²) >= 11 is 0. The number of fused-ring (bicyclic) bond motifs is 2. The molecule has 7 nitrogen and oxygen atoms in total. The van der Waals surface area contributed by atoms with Crippen molar-refractivity contribution in [2.24, 2.45) is 0 Å². The van der Waals surface area contributed by atoms with E-state index in [4.69, 9.17) is 8.94 Å². The maximum Gasteiger partial charge on any atom is 0.258 e. The van der Waals surface area contributed by atoms with Crippen molar-refractivity contribution in [3.63, 3.8) is 0 Å². The van der Waals surface area contributed by atoms with Crippen molar-refractivity contribution in [2.75, 3.05) is 0 Å². The normalized spacial score (nSPS) is 11.4. The molecule has 0 amide bonds. The summed E-state index contributed by atoms with van der Waals surface area (Å²) in [4.78, 5) is 16.4. The predicted molar refractivity (Wildman–Crippen MR) is 108 cm³/mol. The van der Waals surface area contributed by atoms with Crippen LogP contribution in [0.4, 0.5) is 0 Å². The number of benzene rings is 3. The molecule has 0 saturated carbocycles. The molecular formula is C22H13N5O2. The number of imidazole rings is 1. The fourth-order valence-corrected chi connectivity index (χ4v) is 3.30. The van der Waals surface area contributed by atoms with E-state index in [0.717, 1.165) is 33.2 Å². The van der Waals surface area contributed by atoms with E-state index in [-0.39, 0.29) is 0 Å². The molecule has 0 bridgehead atoms. The third kappa shape index (κ3) is 2.68. The van der Waals surface area contributed by atoms with E-state index in [9.17, 15) is 0 Å². The van der Waals surface area contributed by atoms with E-state index in [1.807, 2.05) is 66.7 Å². The summed E-state index contributed by atoms with van der Waals surface area (Å²) < 4.78 is 11.3. The molecular weight excluding hydrogens is 366 g/mol. The standard InChI is InChI=1S/C22H13N5O2/c1-2-4-13(5-3-1)21-25-18-10-14(7-9-19(18)28-21)20-26-22(29-27-20)15-6-8-16-17(11-15)24-12-23-16/h1-12H,(H,23,24). The third-order valence-electron chi connectivity index (χ3n) is 4.76. The average Bonchev–Trinajstić information content (AvgIpc) is 3.52. The van der Waals surface area contributed by atoms with E-state index < -0.39 is 0 Å². The molecule has 6 rings (SSSR count). The van der Waals surface area contributed by atoms with Crippen LogP contribution in [0.15, 0.2) is 82.0 Å². The van der Waals surface area contributed by atoms with Gasteiger partial charge in [0.1, 0.15) is 5.52 Å². The lowest BCUT2D eigenvalue weighted by molar-refractivity contribution is 0.432. The Bertz CT molecular complexity index is 1460. The molecule has 3 aromatic carbocycles. The zero-order valence-corrected chi connectivity index (χ0v) is 15.0. The summed E-state index contributed by atoms with van der Waals surface area (Å²) in [6, 6.07) is 21.2. The van der Waals surface area contributed by atoms with Gasteiger partial charge in [-0.3, -0.25) is 0 Å². The Hall–Kier alpha value is -4.26. The number of aromatic nitrogens is 5. The molecule has 3 heterocycles. The van der Waals surface area contributed by atoms with Crippen molar-refractivity contribution >= 4 is 22.1 Å². The summed E-state index contributed by atoms with van der Waals surface area (Å²) in [5.74, 6) is 1.53. The minimum atomic E-state index is 0.446. The minimum absolute atomic E-state index is 0.446. The van der Waals surface area contributed by atoms with E-state index in [2.05, 4.69) is 25.1 Å². The van der Waals surface area contributed by atoms with Gasteiger partial charge in [0, 0.05) is 16.7 Å². The zero-order chi connectivity index (χ0) is 19.2. The van der Waals surface area contributed by atoms with Gasteiger partial charge < -0.3 is 13.9 Å². The number of hydrogen-bond donors (Lipinski definition) is 1. The molecule has 138 valence electrons. The van der Waals surface area contributed by atoms with Crippen LogP contribution in [0.5, 0.6) is 0 Å². The number of hydrogen-bond acceptors (Lipinski definition) is 6. The number of H-pyrrole nitrogens is 1. The van der Waals surface area contributed by atoms with Crippen molar-refractivity contribution < 1.29 is 8.94 Å². The first-order valence-corrected chi connectivity index (χ1v) is 9.07. The maximum absolute atomic E-state index is 5.87. The van der Waals surface area contributed by atoms with Crippen LogP contribution in [0, 0.1) is 0 Å². The second-order valence-corrected chi connectivity index (χ2v) is 6.63. The largest absolute Gasteiger partial charge is 0.436 e. The molecule has 29 heavy (non-hydrogen) atoms. The van der Waals surface area contributed by atoms with Crippen LogP contribution in [0.25, 0.3) is 56.4 Å². The van der Waals surface area contributed by atoms with E-state index >= 15 is 0 Å². The van der Waals surface area contributed by atoms with Gasteiger partial charge in [-0.2, -0.15) is 4.98 Å². The molecule has 0 aliphatic heterocycles. The minimum Gasteiger partial charge on any atom is -0.436 e. The summed E-state index contributed by atoms with van der Waals surface area (Å²) in [5, 5.41) is 4.13. The van der Waals surface area contributed by atoms with Gasteiger partial charge in [-0.05, 0) is 48.5 Å². The first-order chi connectivity index (χ1) is 14.3. The molecule has 0 unspecified atom stereocenters. The van der Waals surface area contributed by atoms with Gasteiger partial charge in [-0.25, -0.2) is 9.97 Å². The van der Waals surface area contributed by atoms with Gasteiger partial charge in [-0.15, -0.1) is 0 Å². The molecule has 0 atom stereocenters. The van der Waals surface area contributed by atoms with Crippen LogP contribution in [0.3, 0.4) is 0 Å². The Morgan fingerprint density at radius 3 is 2.55 bits per heavy atom. The Labute approximate surface area is 164 Å². The number of nitrogens with one attached hydrogen (secondary N) is 1. The molecule has 7 heteroatoms. The lowest BCUT2D eigenvalue weighted by atomic mass is 10.2. The van der Waals surface area contributed by atoms with Gasteiger partial charge in [-0.1, -0.05) is 23.4 Å². The van der Waals surface area contributed by atoms with Gasteiger partial charge in [0.05, 0.1) is 17.4 Å². The van der Waals surface area contributed by atoms with Crippen molar-refractivity contribution in [2.45, 2.75) is 0 Å². The molecule has 0 radical (unpaired) electrons. The first-order valence-electron chi connectivity index (χ1n) is 9.07. The number of nitrogens with zero attached hydrogens (tertiary/aromatic N) is 4. The molecule has 0 saturated heterocycles. The van der Waals surface area contributed by atoms with Crippen LogP contribution in [0.2, 0.25) is 0 Å². The lowest BCUT2D eigenvalue weighted by Gasteiger charge is -1.94. The highest BCUT2D eigenvalue weighted by Crippen LogP contribution is 2.29. The first kappa shape index (κ1) is 15.8. The zero-order valence-electron chi connectivity index (χ0n) is 15.0. The molecule has 1 N–H and O–H groups in total. The van der Waals surface area contributed by atoms with Crippen molar-refractivity contribution in [3.8, 4) is 34.3 Å². The Balaban J connectivity index is 1.37. The second-order valence-electron chi connectivity index (χ2n) is 6.63. The Morgan fingerprint density at radius 2 is 1.62 bits per heavy atom. The van der Waals surface area contributed by atoms with Gasteiger partial charge in [0.25, 0.3) is 5.89 Å². The topological polar surface area (TPSA) is 93.6 Å². The van der Waals surface area contributed by atoms with Crippen LogP contribution >= 0.6 is 0 Å². The SMILES string of the molecule is c1ccc(-c2nc3cc(-c4noc(-c5ccc6nc[nH]c6c5)n4)ccc3o2)cc1. The number of rotatable bonds is 3. The maximum atomic E-state index is 5.87.